The average molecular weight is 721 g/mol. The molecule has 0 N–H and O–H groups in total. The Morgan fingerprint density at radius 1 is 0.375 bits per heavy atom. The van der Waals surface area contributed by atoms with Crippen molar-refractivity contribution in [1.29, 1.82) is 0 Å². The van der Waals surface area contributed by atoms with Gasteiger partial charge in [-0.15, -0.1) is 0 Å². The van der Waals surface area contributed by atoms with E-state index in [9.17, 15) is 0 Å². The molecule has 270 valence electrons. The largest absolute Gasteiger partial charge is 0.311 e. The van der Waals surface area contributed by atoms with E-state index in [1.165, 1.54) is 77.8 Å². The summed E-state index contributed by atoms with van der Waals surface area (Å²) in [5, 5.41) is 0. The Bertz CT molecular complexity index is 2580. The fourth-order valence-electron chi connectivity index (χ4n) is 8.53. The first kappa shape index (κ1) is 35.1. The minimum Gasteiger partial charge on any atom is -0.311 e. The van der Waals surface area contributed by atoms with Gasteiger partial charge in [-0.05, 0) is 122 Å². The molecule has 3 heteroatoms. The van der Waals surface area contributed by atoms with Gasteiger partial charge in [0, 0.05) is 34.1 Å². The number of anilines is 6. The number of nitrogens with zero attached hydrogens (tertiary/aromatic N) is 2. The number of benzene rings is 8. The lowest BCUT2D eigenvalue weighted by molar-refractivity contribution is 1.24. The third-order valence-corrected chi connectivity index (χ3v) is 11.4. The summed E-state index contributed by atoms with van der Waals surface area (Å²) in [6.07, 6.45) is 0. The Hall–Kier alpha value is -6.58. The van der Waals surface area contributed by atoms with Crippen LogP contribution in [-0.2, 0) is 0 Å². The molecule has 8 aromatic carbocycles. The summed E-state index contributed by atoms with van der Waals surface area (Å²) in [6, 6.07) is 67.0. The van der Waals surface area contributed by atoms with Crippen molar-refractivity contribution in [2.75, 3.05) is 9.80 Å². The maximum absolute atomic E-state index is 2.50. The molecule has 9 rings (SSSR count). The van der Waals surface area contributed by atoms with Crippen LogP contribution in [0.1, 0.15) is 27.8 Å². The van der Waals surface area contributed by atoms with Crippen molar-refractivity contribution in [2.24, 2.45) is 0 Å². The second-order valence-corrected chi connectivity index (χ2v) is 15.4. The third-order valence-electron chi connectivity index (χ3n) is 11.4. The van der Waals surface area contributed by atoms with Gasteiger partial charge in [0.15, 0.2) is 0 Å². The molecule has 0 saturated heterocycles. The minimum absolute atomic E-state index is 0.0827. The van der Waals surface area contributed by atoms with E-state index in [1.807, 2.05) is 0 Å². The SMILES string of the molecule is Cc1ccc(N2c3ccc(C)cc3B(c3cc(C)ccc3C)c3c(C)cc(N(c4ccc(-c5ccccc5)cc4)c4ccc(-c5ccccc5)cc4)cc32)cc1. The first-order chi connectivity index (χ1) is 27.3. The van der Waals surface area contributed by atoms with E-state index in [-0.39, 0.29) is 6.71 Å². The lowest BCUT2D eigenvalue weighted by atomic mass is 9.33. The van der Waals surface area contributed by atoms with Crippen molar-refractivity contribution >= 4 is 57.2 Å². The quantitative estimate of drug-likeness (QED) is 0.151. The van der Waals surface area contributed by atoms with Gasteiger partial charge in [-0.2, -0.15) is 0 Å². The van der Waals surface area contributed by atoms with Gasteiger partial charge in [-0.3, -0.25) is 0 Å². The van der Waals surface area contributed by atoms with Crippen molar-refractivity contribution in [2.45, 2.75) is 34.6 Å². The molecule has 1 aliphatic heterocycles. The van der Waals surface area contributed by atoms with Crippen LogP contribution in [0.3, 0.4) is 0 Å². The van der Waals surface area contributed by atoms with Crippen LogP contribution >= 0.6 is 0 Å². The summed E-state index contributed by atoms with van der Waals surface area (Å²) in [5.41, 5.74) is 22.2. The van der Waals surface area contributed by atoms with Crippen LogP contribution in [0.15, 0.2) is 182 Å². The second-order valence-electron chi connectivity index (χ2n) is 15.4. The molecule has 56 heavy (non-hydrogen) atoms. The van der Waals surface area contributed by atoms with Gasteiger partial charge in [0.05, 0.1) is 0 Å². The molecule has 8 aromatic rings. The summed E-state index contributed by atoms with van der Waals surface area (Å²) in [4.78, 5) is 4.92. The van der Waals surface area contributed by atoms with Gasteiger partial charge in [-0.1, -0.05) is 161 Å². The highest BCUT2D eigenvalue weighted by Gasteiger charge is 2.38. The van der Waals surface area contributed by atoms with Crippen molar-refractivity contribution in [1.82, 2.24) is 0 Å². The van der Waals surface area contributed by atoms with Crippen LogP contribution in [-0.4, -0.2) is 6.71 Å². The third kappa shape index (κ3) is 6.50. The van der Waals surface area contributed by atoms with E-state index in [0.717, 1.165) is 22.7 Å². The standard InChI is InChI=1S/C53H45BN2/c1-36-17-25-47(26-18-36)56-51-31-19-38(3)33-50(51)54(49-32-37(2)16-20-39(49)4)53-40(5)34-48(35-52(53)56)55(45-27-21-43(22-28-45)41-12-8-6-9-13-41)46-29-23-44(24-30-46)42-14-10-7-11-15-42/h6-35H,1-5H3. The number of rotatable bonds is 7. The molecule has 0 saturated carbocycles. The van der Waals surface area contributed by atoms with Crippen molar-refractivity contribution in [3.8, 4) is 22.3 Å². The van der Waals surface area contributed by atoms with Gasteiger partial charge in [0.2, 0.25) is 6.71 Å². The molecular formula is C53H45BN2. The molecule has 2 nitrogen and oxygen atoms in total. The lowest BCUT2D eigenvalue weighted by Gasteiger charge is -2.39. The highest BCUT2D eigenvalue weighted by molar-refractivity contribution is 6.98. The van der Waals surface area contributed by atoms with Gasteiger partial charge < -0.3 is 9.80 Å². The first-order valence-electron chi connectivity index (χ1n) is 19.6. The van der Waals surface area contributed by atoms with Crippen LogP contribution in [0.2, 0.25) is 0 Å². The normalized spacial score (nSPS) is 11.9. The van der Waals surface area contributed by atoms with E-state index in [0.29, 0.717) is 0 Å². The van der Waals surface area contributed by atoms with Crippen LogP contribution in [0.4, 0.5) is 34.1 Å². The molecule has 0 aromatic heterocycles. The van der Waals surface area contributed by atoms with Gasteiger partial charge >= 0.3 is 0 Å². The van der Waals surface area contributed by atoms with E-state index in [1.54, 1.807) is 0 Å². The van der Waals surface area contributed by atoms with Crippen LogP contribution < -0.4 is 26.2 Å². The van der Waals surface area contributed by atoms with E-state index < -0.39 is 0 Å². The molecule has 1 aliphatic rings. The molecule has 0 amide bonds. The van der Waals surface area contributed by atoms with Crippen molar-refractivity contribution in [3.05, 3.63) is 210 Å². The molecular weight excluding hydrogens is 675 g/mol. The maximum Gasteiger partial charge on any atom is 0.247 e. The lowest BCUT2D eigenvalue weighted by Crippen LogP contribution is -2.59. The highest BCUT2D eigenvalue weighted by Crippen LogP contribution is 2.43. The number of aryl methyl sites for hydroxylation is 5. The molecule has 0 aliphatic carbocycles. The number of hydrogen-bond donors (Lipinski definition) is 0. The molecule has 0 fully saturated rings. The summed E-state index contributed by atoms with van der Waals surface area (Å²) in [5.74, 6) is 0. The van der Waals surface area contributed by atoms with Gasteiger partial charge in [-0.25, -0.2) is 0 Å². The minimum atomic E-state index is 0.0827. The van der Waals surface area contributed by atoms with Gasteiger partial charge in [0.25, 0.3) is 0 Å². The van der Waals surface area contributed by atoms with Gasteiger partial charge in [0.1, 0.15) is 0 Å². The Morgan fingerprint density at radius 3 is 1.45 bits per heavy atom. The molecule has 0 radical (unpaired) electrons. The zero-order valence-electron chi connectivity index (χ0n) is 32.8. The fourth-order valence-corrected chi connectivity index (χ4v) is 8.53. The first-order valence-corrected chi connectivity index (χ1v) is 19.6. The monoisotopic (exact) mass is 720 g/mol. The Morgan fingerprint density at radius 2 is 0.875 bits per heavy atom. The highest BCUT2D eigenvalue weighted by atomic mass is 15.2. The Balaban J connectivity index is 1.28. The van der Waals surface area contributed by atoms with Crippen LogP contribution in [0, 0.1) is 34.6 Å². The molecule has 1 heterocycles. The average Bonchev–Trinajstić information content (AvgIpc) is 3.23. The van der Waals surface area contributed by atoms with E-state index in [4.69, 9.17) is 0 Å². The molecule has 0 bridgehead atoms. The Labute approximate surface area is 332 Å². The molecule has 0 unspecified atom stereocenters. The number of hydrogen-bond acceptors (Lipinski definition) is 2. The zero-order chi connectivity index (χ0) is 38.3. The fraction of sp³-hybridized carbons (Fsp3) is 0.0943. The topological polar surface area (TPSA) is 6.48 Å². The smallest absolute Gasteiger partial charge is 0.247 e. The molecule has 0 atom stereocenters. The summed E-state index contributed by atoms with van der Waals surface area (Å²) < 4.78 is 0. The van der Waals surface area contributed by atoms with Crippen LogP contribution in [0.25, 0.3) is 22.3 Å². The summed E-state index contributed by atoms with van der Waals surface area (Å²) in [7, 11) is 0. The van der Waals surface area contributed by atoms with E-state index in [2.05, 4.69) is 226 Å². The van der Waals surface area contributed by atoms with Crippen molar-refractivity contribution < 1.29 is 0 Å². The number of fused-ring (bicyclic) bond motifs is 2. The van der Waals surface area contributed by atoms with E-state index >= 15 is 0 Å². The summed E-state index contributed by atoms with van der Waals surface area (Å²) >= 11 is 0. The van der Waals surface area contributed by atoms with Crippen molar-refractivity contribution in [3.63, 3.8) is 0 Å². The zero-order valence-corrected chi connectivity index (χ0v) is 32.8. The molecule has 0 spiro atoms. The maximum atomic E-state index is 2.50. The second kappa shape index (κ2) is 14.6. The summed E-state index contributed by atoms with van der Waals surface area (Å²) in [6.45, 7) is 11.2. The predicted octanol–water partition coefficient (Wildman–Crippen LogP) is 12.3. The Kier molecular flexibility index (Phi) is 9.15. The predicted molar refractivity (Wildman–Crippen MR) is 241 cm³/mol. The van der Waals surface area contributed by atoms with Crippen LogP contribution in [0.5, 0.6) is 0 Å².